The van der Waals surface area contributed by atoms with Gasteiger partial charge in [0, 0.05) is 36.8 Å². The molecule has 0 spiro atoms. The van der Waals surface area contributed by atoms with Gasteiger partial charge in [0.2, 0.25) is 0 Å². The van der Waals surface area contributed by atoms with Crippen molar-refractivity contribution in [3.8, 4) is 11.4 Å². The second kappa shape index (κ2) is 4.58. The number of nitrogens with one attached hydrogen (secondary N) is 1. The van der Waals surface area contributed by atoms with Crippen molar-refractivity contribution < 1.29 is 0 Å². The molecule has 0 atom stereocenters. The minimum absolute atomic E-state index is 0.453. The average Bonchev–Trinajstić information content (AvgIpc) is 2.79. The molecule has 0 bridgehead atoms. The van der Waals surface area contributed by atoms with Gasteiger partial charge in [0.05, 0.1) is 5.69 Å². The molecule has 1 aliphatic heterocycles. The highest BCUT2D eigenvalue weighted by Gasteiger charge is 2.21. The summed E-state index contributed by atoms with van der Waals surface area (Å²) in [5.41, 5.74) is 3.83. The molecule has 3 nitrogen and oxygen atoms in total. The number of hydrogen-bond acceptors (Lipinski definition) is 2. The predicted molar refractivity (Wildman–Crippen MR) is 73.5 cm³/mol. The van der Waals surface area contributed by atoms with Crippen LogP contribution in [0.1, 0.15) is 31.3 Å². The molecule has 18 heavy (non-hydrogen) atoms. The van der Waals surface area contributed by atoms with Gasteiger partial charge in [0.1, 0.15) is 5.82 Å². The van der Waals surface area contributed by atoms with Crippen molar-refractivity contribution in [2.75, 3.05) is 6.54 Å². The standard InChI is InChI=1S/C15H19N3/c1-11(2)18-14-8-9-16-10-13(14)17-15(18)12-6-4-3-5-7-12/h3-7,11,16H,8-10H2,1-2H3. The van der Waals surface area contributed by atoms with E-state index in [1.807, 2.05) is 6.07 Å². The van der Waals surface area contributed by atoms with E-state index in [1.54, 1.807) is 0 Å². The molecule has 1 aromatic heterocycles. The second-order valence-electron chi connectivity index (χ2n) is 5.09. The number of nitrogens with zero attached hydrogens (tertiary/aromatic N) is 2. The summed E-state index contributed by atoms with van der Waals surface area (Å²) in [6.07, 6.45) is 1.08. The molecule has 94 valence electrons. The van der Waals surface area contributed by atoms with Crippen molar-refractivity contribution in [2.45, 2.75) is 32.9 Å². The van der Waals surface area contributed by atoms with Crippen LogP contribution >= 0.6 is 0 Å². The van der Waals surface area contributed by atoms with Crippen LogP contribution < -0.4 is 5.32 Å². The molecular weight excluding hydrogens is 222 g/mol. The van der Waals surface area contributed by atoms with Crippen LogP contribution in [0.15, 0.2) is 30.3 Å². The van der Waals surface area contributed by atoms with E-state index in [4.69, 9.17) is 4.98 Å². The monoisotopic (exact) mass is 241 g/mol. The van der Waals surface area contributed by atoms with E-state index in [1.165, 1.54) is 17.0 Å². The van der Waals surface area contributed by atoms with Crippen LogP contribution in [0.2, 0.25) is 0 Å². The molecule has 0 saturated heterocycles. The van der Waals surface area contributed by atoms with Gasteiger partial charge in [-0.15, -0.1) is 0 Å². The van der Waals surface area contributed by atoms with E-state index in [9.17, 15) is 0 Å². The first-order valence-corrected chi connectivity index (χ1v) is 6.63. The smallest absolute Gasteiger partial charge is 0.140 e. The topological polar surface area (TPSA) is 29.9 Å². The summed E-state index contributed by atoms with van der Waals surface area (Å²) >= 11 is 0. The maximum atomic E-state index is 4.84. The maximum absolute atomic E-state index is 4.84. The summed E-state index contributed by atoms with van der Waals surface area (Å²) in [6.45, 7) is 6.42. The molecule has 1 aliphatic rings. The van der Waals surface area contributed by atoms with Crippen LogP contribution in [0.5, 0.6) is 0 Å². The normalized spacial score (nSPS) is 14.8. The van der Waals surface area contributed by atoms with E-state index >= 15 is 0 Å². The second-order valence-corrected chi connectivity index (χ2v) is 5.09. The first-order chi connectivity index (χ1) is 8.77. The first kappa shape index (κ1) is 11.5. The predicted octanol–water partition coefficient (Wildman–Crippen LogP) is 2.78. The molecular formula is C15H19N3. The Balaban J connectivity index is 2.17. The highest BCUT2D eigenvalue weighted by molar-refractivity contribution is 5.57. The van der Waals surface area contributed by atoms with Gasteiger partial charge in [-0.05, 0) is 13.8 Å². The van der Waals surface area contributed by atoms with E-state index in [0.29, 0.717) is 6.04 Å². The molecule has 2 aromatic rings. The largest absolute Gasteiger partial charge is 0.325 e. The zero-order chi connectivity index (χ0) is 12.5. The summed E-state index contributed by atoms with van der Waals surface area (Å²) in [5.74, 6) is 1.11. The number of rotatable bonds is 2. The number of benzene rings is 1. The zero-order valence-electron chi connectivity index (χ0n) is 11.0. The van der Waals surface area contributed by atoms with Crippen LogP contribution in [-0.2, 0) is 13.0 Å². The van der Waals surface area contributed by atoms with E-state index in [-0.39, 0.29) is 0 Å². The Labute approximate surface area is 108 Å². The van der Waals surface area contributed by atoms with Crippen molar-refractivity contribution in [3.05, 3.63) is 41.7 Å². The maximum Gasteiger partial charge on any atom is 0.140 e. The first-order valence-electron chi connectivity index (χ1n) is 6.63. The van der Waals surface area contributed by atoms with Crippen molar-refractivity contribution >= 4 is 0 Å². The molecule has 0 amide bonds. The summed E-state index contributed by atoms with van der Waals surface area (Å²) in [7, 11) is 0. The fourth-order valence-corrected chi connectivity index (χ4v) is 2.68. The van der Waals surface area contributed by atoms with Gasteiger partial charge in [-0.1, -0.05) is 30.3 Å². The molecule has 2 heterocycles. The lowest BCUT2D eigenvalue weighted by Crippen LogP contribution is -2.25. The van der Waals surface area contributed by atoms with E-state index < -0.39 is 0 Å². The molecule has 0 aliphatic carbocycles. The van der Waals surface area contributed by atoms with Crippen LogP contribution in [-0.4, -0.2) is 16.1 Å². The van der Waals surface area contributed by atoms with Gasteiger partial charge >= 0.3 is 0 Å². The van der Waals surface area contributed by atoms with Crippen molar-refractivity contribution in [2.24, 2.45) is 0 Å². The lowest BCUT2D eigenvalue weighted by atomic mass is 10.1. The number of fused-ring (bicyclic) bond motifs is 1. The Bertz CT molecular complexity index is 540. The highest BCUT2D eigenvalue weighted by atomic mass is 15.1. The van der Waals surface area contributed by atoms with Crippen molar-refractivity contribution in [1.82, 2.24) is 14.9 Å². The Kier molecular flexibility index (Phi) is 2.92. The minimum atomic E-state index is 0.453. The number of hydrogen-bond donors (Lipinski definition) is 1. The molecule has 0 radical (unpaired) electrons. The summed E-state index contributed by atoms with van der Waals surface area (Å²) in [5, 5.41) is 3.40. The van der Waals surface area contributed by atoms with Gasteiger partial charge < -0.3 is 9.88 Å². The minimum Gasteiger partial charge on any atom is -0.325 e. The number of imidazole rings is 1. The van der Waals surface area contributed by atoms with Crippen LogP contribution in [0.4, 0.5) is 0 Å². The van der Waals surface area contributed by atoms with Crippen molar-refractivity contribution in [3.63, 3.8) is 0 Å². The van der Waals surface area contributed by atoms with Gasteiger partial charge in [0.15, 0.2) is 0 Å². The van der Waals surface area contributed by atoms with Crippen LogP contribution in [0, 0.1) is 0 Å². The van der Waals surface area contributed by atoms with E-state index in [2.05, 4.69) is 48.0 Å². The highest BCUT2D eigenvalue weighted by Crippen LogP contribution is 2.27. The Hall–Kier alpha value is -1.61. The molecule has 0 fully saturated rings. The molecule has 1 N–H and O–H groups in total. The lowest BCUT2D eigenvalue weighted by molar-refractivity contribution is 0.546. The molecule has 3 rings (SSSR count). The summed E-state index contributed by atoms with van der Waals surface area (Å²) in [6, 6.07) is 10.9. The lowest BCUT2D eigenvalue weighted by Gasteiger charge is -2.19. The quantitative estimate of drug-likeness (QED) is 0.876. The molecule has 3 heteroatoms. The van der Waals surface area contributed by atoms with E-state index in [0.717, 1.165) is 25.3 Å². The fraction of sp³-hybridized carbons (Fsp3) is 0.400. The average molecular weight is 241 g/mol. The third-order valence-corrected chi connectivity index (χ3v) is 3.47. The molecule has 0 unspecified atom stereocenters. The van der Waals surface area contributed by atoms with Gasteiger partial charge in [-0.2, -0.15) is 0 Å². The van der Waals surface area contributed by atoms with Gasteiger partial charge in [-0.25, -0.2) is 4.98 Å². The number of aromatic nitrogens is 2. The van der Waals surface area contributed by atoms with Crippen LogP contribution in [0.25, 0.3) is 11.4 Å². The Morgan fingerprint density at radius 2 is 2.00 bits per heavy atom. The third kappa shape index (κ3) is 1.85. The fourth-order valence-electron chi connectivity index (χ4n) is 2.68. The zero-order valence-corrected chi connectivity index (χ0v) is 11.0. The van der Waals surface area contributed by atoms with Gasteiger partial charge in [-0.3, -0.25) is 0 Å². The Morgan fingerprint density at radius 1 is 1.22 bits per heavy atom. The summed E-state index contributed by atoms with van der Waals surface area (Å²) < 4.78 is 2.39. The molecule has 1 aromatic carbocycles. The summed E-state index contributed by atoms with van der Waals surface area (Å²) in [4.78, 5) is 4.84. The van der Waals surface area contributed by atoms with Gasteiger partial charge in [0.25, 0.3) is 0 Å². The third-order valence-electron chi connectivity index (χ3n) is 3.47. The van der Waals surface area contributed by atoms with Crippen molar-refractivity contribution in [1.29, 1.82) is 0 Å². The SMILES string of the molecule is CC(C)n1c(-c2ccccc2)nc2c1CCNC2. The molecule has 0 saturated carbocycles. The van der Waals surface area contributed by atoms with Crippen LogP contribution in [0.3, 0.4) is 0 Å². The Morgan fingerprint density at radius 3 is 2.72 bits per heavy atom.